The molecule has 0 radical (unpaired) electrons. The molecule has 0 aromatic heterocycles. The molecule has 1 N–H and O–H groups in total. The normalized spacial score (nSPS) is 17.8. The predicted molar refractivity (Wildman–Crippen MR) is 82.5 cm³/mol. The molecule has 1 saturated heterocycles. The van der Waals surface area contributed by atoms with Crippen molar-refractivity contribution in [3.63, 3.8) is 0 Å². The Bertz CT molecular complexity index is 372. The molecule has 1 aromatic rings. The highest BCUT2D eigenvalue weighted by Gasteiger charge is 2.19. The zero-order valence-corrected chi connectivity index (χ0v) is 12.7. The van der Waals surface area contributed by atoms with Gasteiger partial charge < -0.3 is 5.32 Å². The maximum atomic E-state index is 3.65. The highest BCUT2D eigenvalue weighted by molar-refractivity contribution is 5.33. The van der Waals surface area contributed by atoms with Crippen molar-refractivity contribution in [2.45, 2.75) is 52.6 Å². The maximum Gasteiger partial charge on any atom is 0.0239 e. The molecule has 1 aliphatic rings. The van der Waals surface area contributed by atoms with Crippen LogP contribution < -0.4 is 5.32 Å². The van der Waals surface area contributed by atoms with Gasteiger partial charge in [-0.15, -0.1) is 0 Å². The highest BCUT2D eigenvalue weighted by Crippen LogP contribution is 2.19. The summed E-state index contributed by atoms with van der Waals surface area (Å²) in [5, 5.41) is 3.65. The zero-order chi connectivity index (χ0) is 13.7. The molecule has 0 amide bonds. The number of likely N-dealkylation sites (tertiary alicyclic amines) is 1. The molecule has 2 rings (SSSR count). The van der Waals surface area contributed by atoms with Gasteiger partial charge in [0.25, 0.3) is 0 Å². The number of nitrogens with one attached hydrogen (secondary N) is 1. The van der Waals surface area contributed by atoms with Crippen molar-refractivity contribution < 1.29 is 0 Å². The van der Waals surface area contributed by atoms with E-state index >= 15 is 0 Å². The highest BCUT2D eigenvalue weighted by atomic mass is 15.1. The fourth-order valence-corrected chi connectivity index (χ4v) is 2.97. The van der Waals surface area contributed by atoms with Crippen LogP contribution in [0.5, 0.6) is 0 Å². The Labute approximate surface area is 118 Å². The van der Waals surface area contributed by atoms with Crippen LogP contribution in [0.1, 0.15) is 42.9 Å². The molecule has 0 unspecified atom stereocenters. The molecule has 0 aliphatic carbocycles. The standard InChI is InChI=1S/C17H28N2/c1-4-10-18-16-8-11-19(12-9-16)13-17-14(2)6-5-7-15(17)3/h5-7,16,18H,4,8-13H2,1-3H3. The van der Waals surface area contributed by atoms with Gasteiger partial charge in [-0.25, -0.2) is 0 Å². The minimum absolute atomic E-state index is 0.745. The van der Waals surface area contributed by atoms with E-state index in [0.29, 0.717) is 0 Å². The van der Waals surface area contributed by atoms with E-state index in [0.717, 1.165) is 12.6 Å². The summed E-state index contributed by atoms with van der Waals surface area (Å²) in [7, 11) is 0. The van der Waals surface area contributed by atoms with Crippen molar-refractivity contribution in [1.82, 2.24) is 10.2 Å². The minimum atomic E-state index is 0.745. The molecule has 1 aromatic carbocycles. The van der Waals surface area contributed by atoms with E-state index in [1.54, 1.807) is 0 Å². The lowest BCUT2D eigenvalue weighted by Crippen LogP contribution is -2.42. The van der Waals surface area contributed by atoms with E-state index in [-0.39, 0.29) is 0 Å². The van der Waals surface area contributed by atoms with Crippen LogP contribution >= 0.6 is 0 Å². The molecule has 1 aliphatic heterocycles. The zero-order valence-electron chi connectivity index (χ0n) is 12.7. The van der Waals surface area contributed by atoms with E-state index in [2.05, 4.69) is 49.2 Å². The first-order chi connectivity index (χ1) is 9.20. The van der Waals surface area contributed by atoms with Crippen molar-refractivity contribution >= 4 is 0 Å². The number of piperidine rings is 1. The molecule has 2 heteroatoms. The van der Waals surface area contributed by atoms with Gasteiger partial charge in [0.1, 0.15) is 0 Å². The van der Waals surface area contributed by atoms with Gasteiger partial charge in [-0.3, -0.25) is 4.90 Å². The van der Waals surface area contributed by atoms with Crippen molar-refractivity contribution in [3.8, 4) is 0 Å². The van der Waals surface area contributed by atoms with Gasteiger partial charge in [-0.2, -0.15) is 0 Å². The van der Waals surface area contributed by atoms with Crippen LogP contribution in [0.25, 0.3) is 0 Å². The minimum Gasteiger partial charge on any atom is -0.314 e. The molecule has 0 saturated carbocycles. The Balaban J connectivity index is 1.85. The lowest BCUT2D eigenvalue weighted by molar-refractivity contribution is 0.190. The Morgan fingerprint density at radius 1 is 1.16 bits per heavy atom. The number of aryl methyl sites for hydroxylation is 2. The SMILES string of the molecule is CCCNC1CCN(Cc2c(C)cccc2C)CC1. The second-order valence-corrected chi connectivity index (χ2v) is 5.87. The van der Waals surface area contributed by atoms with Crippen molar-refractivity contribution in [3.05, 3.63) is 34.9 Å². The third-order valence-electron chi connectivity index (χ3n) is 4.30. The molecule has 106 valence electrons. The van der Waals surface area contributed by atoms with E-state index in [1.807, 2.05) is 0 Å². The van der Waals surface area contributed by atoms with Gasteiger partial charge in [-0.1, -0.05) is 25.1 Å². The number of nitrogens with zero attached hydrogens (tertiary/aromatic N) is 1. The van der Waals surface area contributed by atoms with Crippen LogP contribution in [0, 0.1) is 13.8 Å². The third kappa shape index (κ3) is 4.05. The molecular weight excluding hydrogens is 232 g/mol. The van der Waals surface area contributed by atoms with E-state index in [4.69, 9.17) is 0 Å². The van der Waals surface area contributed by atoms with Crippen LogP contribution in [0.15, 0.2) is 18.2 Å². The fraction of sp³-hybridized carbons (Fsp3) is 0.647. The summed E-state index contributed by atoms with van der Waals surface area (Å²) in [4.78, 5) is 2.61. The summed E-state index contributed by atoms with van der Waals surface area (Å²) >= 11 is 0. The van der Waals surface area contributed by atoms with Crippen molar-refractivity contribution in [1.29, 1.82) is 0 Å². The molecular formula is C17H28N2. The van der Waals surface area contributed by atoms with Crippen LogP contribution in [-0.2, 0) is 6.54 Å². The van der Waals surface area contributed by atoms with Crippen molar-refractivity contribution in [2.24, 2.45) is 0 Å². The van der Waals surface area contributed by atoms with Crippen LogP contribution in [0.2, 0.25) is 0 Å². The van der Waals surface area contributed by atoms with Gasteiger partial charge in [0.2, 0.25) is 0 Å². The first-order valence-corrected chi connectivity index (χ1v) is 7.71. The quantitative estimate of drug-likeness (QED) is 0.874. The summed E-state index contributed by atoms with van der Waals surface area (Å²) in [6.45, 7) is 11.5. The first-order valence-electron chi connectivity index (χ1n) is 7.71. The third-order valence-corrected chi connectivity index (χ3v) is 4.30. The Hall–Kier alpha value is -0.860. The average molecular weight is 260 g/mol. The molecule has 2 nitrogen and oxygen atoms in total. The first kappa shape index (κ1) is 14.5. The summed E-state index contributed by atoms with van der Waals surface area (Å²) in [6.07, 6.45) is 3.83. The van der Waals surface area contributed by atoms with Gasteiger partial charge in [0.15, 0.2) is 0 Å². The summed E-state index contributed by atoms with van der Waals surface area (Å²) in [6, 6.07) is 7.37. The van der Waals surface area contributed by atoms with Gasteiger partial charge in [0, 0.05) is 12.6 Å². The van der Waals surface area contributed by atoms with Gasteiger partial charge >= 0.3 is 0 Å². The summed E-state index contributed by atoms with van der Waals surface area (Å²) in [5.41, 5.74) is 4.40. The number of hydrogen-bond donors (Lipinski definition) is 1. The lowest BCUT2D eigenvalue weighted by atomic mass is 10.00. The summed E-state index contributed by atoms with van der Waals surface area (Å²) in [5.74, 6) is 0. The smallest absolute Gasteiger partial charge is 0.0239 e. The van der Waals surface area contributed by atoms with Crippen LogP contribution in [0.4, 0.5) is 0 Å². The Morgan fingerprint density at radius 2 is 1.79 bits per heavy atom. The maximum absolute atomic E-state index is 3.65. The Morgan fingerprint density at radius 3 is 2.37 bits per heavy atom. The largest absolute Gasteiger partial charge is 0.314 e. The molecule has 0 bridgehead atoms. The topological polar surface area (TPSA) is 15.3 Å². The monoisotopic (exact) mass is 260 g/mol. The molecule has 1 fully saturated rings. The molecule has 19 heavy (non-hydrogen) atoms. The van der Waals surface area contributed by atoms with Crippen LogP contribution in [0.3, 0.4) is 0 Å². The predicted octanol–water partition coefficient (Wildman–Crippen LogP) is 3.27. The molecule has 1 heterocycles. The number of rotatable bonds is 5. The van der Waals surface area contributed by atoms with Crippen molar-refractivity contribution in [2.75, 3.05) is 19.6 Å². The van der Waals surface area contributed by atoms with Crippen LogP contribution in [-0.4, -0.2) is 30.6 Å². The second-order valence-electron chi connectivity index (χ2n) is 5.87. The average Bonchev–Trinajstić information content (AvgIpc) is 2.42. The van der Waals surface area contributed by atoms with E-state index in [9.17, 15) is 0 Å². The fourth-order valence-electron chi connectivity index (χ4n) is 2.97. The molecule has 0 atom stereocenters. The van der Waals surface area contributed by atoms with E-state index < -0.39 is 0 Å². The Kier molecular flexibility index (Phi) is 5.41. The number of benzene rings is 1. The second kappa shape index (κ2) is 7.06. The number of hydrogen-bond acceptors (Lipinski definition) is 2. The summed E-state index contributed by atoms with van der Waals surface area (Å²) < 4.78 is 0. The molecule has 0 spiro atoms. The lowest BCUT2D eigenvalue weighted by Gasteiger charge is -2.33. The van der Waals surface area contributed by atoms with Gasteiger partial charge in [0.05, 0.1) is 0 Å². The van der Waals surface area contributed by atoms with Gasteiger partial charge in [-0.05, 0) is 69.4 Å². The van der Waals surface area contributed by atoms with E-state index in [1.165, 1.54) is 55.6 Å².